The molecule has 9 heteroatoms. The Labute approximate surface area is 174 Å². The third-order valence-corrected chi connectivity index (χ3v) is 5.77. The second-order valence-corrected chi connectivity index (χ2v) is 7.52. The summed E-state index contributed by atoms with van der Waals surface area (Å²) in [5, 5.41) is 3.22. The van der Waals surface area contributed by atoms with Gasteiger partial charge in [0.2, 0.25) is 11.8 Å². The van der Waals surface area contributed by atoms with Crippen molar-refractivity contribution in [2.24, 2.45) is 11.8 Å². The van der Waals surface area contributed by atoms with E-state index in [0.29, 0.717) is 18.9 Å². The van der Waals surface area contributed by atoms with Crippen molar-refractivity contribution < 1.29 is 14.3 Å². The number of nitrogens with one attached hydrogen (secondary N) is 1. The van der Waals surface area contributed by atoms with Gasteiger partial charge in [0.1, 0.15) is 0 Å². The fourth-order valence-electron chi connectivity index (χ4n) is 4.14. The van der Waals surface area contributed by atoms with Crippen LogP contribution in [0.1, 0.15) is 19.3 Å². The molecule has 2 amide bonds. The largest absolute Gasteiger partial charge is 0.379 e. The number of carbonyl (C=O) groups is 2. The Morgan fingerprint density at radius 1 is 1.11 bits per heavy atom. The molecule has 1 unspecified atom stereocenters. The van der Waals surface area contributed by atoms with Crippen LogP contribution in [0.3, 0.4) is 0 Å². The van der Waals surface area contributed by atoms with E-state index in [-0.39, 0.29) is 42.5 Å². The van der Waals surface area contributed by atoms with Crippen LogP contribution in [0.25, 0.3) is 0 Å². The summed E-state index contributed by atoms with van der Waals surface area (Å²) in [6, 6.07) is 0. The number of nitrogens with zero attached hydrogens (tertiary/aromatic N) is 3. The minimum Gasteiger partial charge on any atom is -0.379 e. The minimum absolute atomic E-state index is 0. The molecule has 0 spiro atoms. The van der Waals surface area contributed by atoms with Gasteiger partial charge in [-0.05, 0) is 32.4 Å². The molecule has 1 N–H and O–H groups in total. The second-order valence-electron chi connectivity index (χ2n) is 7.52. The Kier molecular flexibility index (Phi) is 10.9. The highest BCUT2D eigenvalue weighted by atomic mass is 35.5. The van der Waals surface area contributed by atoms with Crippen LogP contribution < -0.4 is 5.32 Å². The first-order valence-electron chi connectivity index (χ1n) is 9.68. The van der Waals surface area contributed by atoms with Gasteiger partial charge < -0.3 is 19.9 Å². The molecule has 0 aromatic heterocycles. The lowest BCUT2D eigenvalue weighted by Gasteiger charge is -2.33. The number of hydrogen-bond acceptors (Lipinski definition) is 5. The van der Waals surface area contributed by atoms with Gasteiger partial charge in [-0.1, -0.05) is 0 Å². The molecule has 0 saturated carbocycles. The summed E-state index contributed by atoms with van der Waals surface area (Å²) >= 11 is 0. The predicted octanol–water partition coefficient (Wildman–Crippen LogP) is 0.469. The fourth-order valence-corrected chi connectivity index (χ4v) is 4.14. The number of likely N-dealkylation sites (tertiary alicyclic amines) is 2. The lowest BCUT2D eigenvalue weighted by Crippen LogP contribution is -2.44. The number of piperidine rings is 1. The standard InChI is InChI=1S/C18H32N4O3.2ClH/c1-19-13-15-2-4-21(5-3-15)18(24)16-12-17(23)22(14-16)7-6-20-8-10-25-11-9-20;;/h15-16,19H,2-14H2,1H3;2*1H. The summed E-state index contributed by atoms with van der Waals surface area (Å²) < 4.78 is 5.35. The van der Waals surface area contributed by atoms with Crippen LogP contribution in [0.15, 0.2) is 0 Å². The van der Waals surface area contributed by atoms with E-state index >= 15 is 0 Å². The lowest BCUT2D eigenvalue weighted by molar-refractivity contribution is -0.137. The molecule has 27 heavy (non-hydrogen) atoms. The molecular weight excluding hydrogens is 391 g/mol. The number of hydrogen-bond donors (Lipinski definition) is 1. The number of ether oxygens (including phenoxy) is 1. The Morgan fingerprint density at radius 2 is 1.78 bits per heavy atom. The van der Waals surface area contributed by atoms with Gasteiger partial charge in [0.15, 0.2) is 0 Å². The number of rotatable bonds is 6. The Morgan fingerprint density at radius 3 is 2.41 bits per heavy atom. The molecule has 0 bridgehead atoms. The molecule has 0 radical (unpaired) electrons. The molecule has 7 nitrogen and oxygen atoms in total. The number of amides is 2. The molecule has 1 atom stereocenters. The maximum Gasteiger partial charge on any atom is 0.227 e. The molecule has 158 valence electrons. The summed E-state index contributed by atoms with van der Waals surface area (Å²) in [5.74, 6) is 0.851. The van der Waals surface area contributed by atoms with Crippen LogP contribution in [-0.4, -0.2) is 99.1 Å². The van der Waals surface area contributed by atoms with Gasteiger partial charge >= 0.3 is 0 Å². The van der Waals surface area contributed by atoms with E-state index in [1.165, 1.54) is 0 Å². The van der Waals surface area contributed by atoms with Crippen molar-refractivity contribution in [1.82, 2.24) is 20.0 Å². The zero-order chi connectivity index (χ0) is 17.6. The average molecular weight is 425 g/mol. The maximum absolute atomic E-state index is 12.8. The first-order valence-corrected chi connectivity index (χ1v) is 9.68. The predicted molar refractivity (Wildman–Crippen MR) is 110 cm³/mol. The van der Waals surface area contributed by atoms with Crippen LogP contribution in [-0.2, 0) is 14.3 Å². The van der Waals surface area contributed by atoms with Crippen LogP contribution in [0.2, 0.25) is 0 Å². The van der Waals surface area contributed by atoms with Crippen LogP contribution in [0.4, 0.5) is 0 Å². The van der Waals surface area contributed by atoms with E-state index in [9.17, 15) is 9.59 Å². The van der Waals surface area contributed by atoms with Crippen molar-refractivity contribution in [2.45, 2.75) is 19.3 Å². The van der Waals surface area contributed by atoms with Crippen molar-refractivity contribution in [1.29, 1.82) is 0 Å². The molecule has 3 fully saturated rings. The van der Waals surface area contributed by atoms with E-state index in [2.05, 4.69) is 10.2 Å². The lowest BCUT2D eigenvalue weighted by atomic mass is 9.95. The quantitative estimate of drug-likeness (QED) is 0.671. The first-order chi connectivity index (χ1) is 12.2. The third kappa shape index (κ3) is 6.75. The Hall–Kier alpha value is -0.600. The summed E-state index contributed by atoms with van der Waals surface area (Å²) in [5.41, 5.74) is 0. The molecule has 3 rings (SSSR count). The normalized spacial score (nSPS) is 24.5. The van der Waals surface area contributed by atoms with Gasteiger partial charge in [-0.25, -0.2) is 0 Å². The topological polar surface area (TPSA) is 65.1 Å². The highest BCUT2D eigenvalue weighted by molar-refractivity contribution is 5.89. The summed E-state index contributed by atoms with van der Waals surface area (Å²) in [7, 11) is 1.98. The second kappa shape index (κ2) is 12.1. The molecular formula is C18H34Cl2N4O3. The van der Waals surface area contributed by atoms with E-state index in [1.54, 1.807) is 0 Å². The first kappa shape index (κ1) is 24.4. The van der Waals surface area contributed by atoms with Gasteiger partial charge in [0.05, 0.1) is 19.1 Å². The van der Waals surface area contributed by atoms with Gasteiger partial charge in [0.25, 0.3) is 0 Å². The van der Waals surface area contributed by atoms with E-state index in [1.807, 2.05) is 16.8 Å². The van der Waals surface area contributed by atoms with Crippen LogP contribution in [0.5, 0.6) is 0 Å². The number of morpholine rings is 1. The molecule has 0 aromatic rings. The van der Waals surface area contributed by atoms with Crippen molar-refractivity contribution in [2.75, 3.05) is 72.6 Å². The number of halogens is 2. The van der Waals surface area contributed by atoms with Gasteiger partial charge in [-0.3, -0.25) is 14.5 Å². The maximum atomic E-state index is 12.8. The molecule has 3 saturated heterocycles. The molecule has 0 aliphatic carbocycles. The van der Waals surface area contributed by atoms with Crippen molar-refractivity contribution in [3.63, 3.8) is 0 Å². The highest BCUT2D eigenvalue weighted by Crippen LogP contribution is 2.23. The van der Waals surface area contributed by atoms with E-state index in [0.717, 1.165) is 71.9 Å². The van der Waals surface area contributed by atoms with Crippen molar-refractivity contribution in [3.8, 4) is 0 Å². The van der Waals surface area contributed by atoms with Crippen LogP contribution >= 0.6 is 24.8 Å². The fraction of sp³-hybridized carbons (Fsp3) is 0.889. The average Bonchev–Trinajstić information content (AvgIpc) is 3.02. The SMILES string of the molecule is CNCC1CCN(C(=O)C2CC(=O)N(CCN3CCOCC3)C2)CC1.Cl.Cl. The van der Waals surface area contributed by atoms with E-state index < -0.39 is 0 Å². The van der Waals surface area contributed by atoms with Crippen molar-refractivity contribution in [3.05, 3.63) is 0 Å². The highest BCUT2D eigenvalue weighted by Gasteiger charge is 2.37. The zero-order valence-electron chi connectivity index (χ0n) is 16.2. The summed E-state index contributed by atoms with van der Waals surface area (Å²) in [4.78, 5) is 31.2. The number of carbonyl (C=O) groups excluding carboxylic acids is 2. The molecule has 3 aliphatic heterocycles. The smallest absolute Gasteiger partial charge is 0.227 e. The zero-order valence-corrected chi connectivity index (χ0v) is 17.9. The molecule has 3 heterocycles. The summed E-state index contributed by atoms with van der Waals surface area (Å²) in [6.45, 7) is 8.33. The van der Waals surface area contributed by atoms with Gasteiger partial charge in [-0.2, -0.15) is 0 Å². The molecule has 3 aliphatic rings. The minimum atomic E-state index is -0.141. The van der Waals surface area contributed by atoms with E-state index in [4.69, 9.17) is 4.74 Å². The molecule has 0 aromatic carbocycles. The Bertz CT molecular complexity index is 470. The van der Waals surface area contributed by atoms with Gasteiger partial charge in [-0.15, -0.1) is 24.8 Å². The third-order valence-electron chi connectivity index (χ3n) is 5.77. The van der Waals surface area contributed by atoms with Gasteiger partial charge in [0, 0.05) is 52.2 Å². The van der Waals surface area contributed by atoms with Crippen molar-refractivity contribution >= 4 is 36.6 Å². The van der Waals surface area contributed by atoms with Crippen LogP contribution in [0, 0.1) is 11.8 Å². The monoisotopic (exact) mass is 424 g/mol. The summed E-state index contributed by atoms with van der Waals surface area (Å²) in [6.07, 6.45) is 2.51. The Balaban J connectivity index is 0.00000182.